The lowest BCUT2D eigenvalue weighted by Crippen LogP contribution is -2.29. The van der Waals surface area contributed by atoms with Crippen molar-refractivity contribution in [2.45, 2.75) is 47.6 Å². The molecule has 0 aromatic rings. The molecule has 0 spiro atoms. The molecule has 0 radical (unpaired) electrons. The van der Waals surface area contributed by atoms with Crippen LogP contribution in [0, 0.1) is 11.3 Å². The van der Waals surface area contributed by atoms with Gasteiger partial charge in [-0.25, -0.2) is 0 Å². The molecule has 0 aliphatic heterocycles. The monoisotopic (exact) mass is 158 g/mol. The molecule has 0 N–H and O–H groups in total. The van der Waals surface area contributed by atoms with Crippen molar-refractivity contribution in [3.8, 4) is 0 Å². The van der Waals surface area contributed by atoms with Gasteiger partial charge < -0.3 is 4.74 Å². The molecule has 1 heteroatoms. The summed E-state index contributed by atoms with van der Waals surface area (Å²) in [5.74, 6) is 0.613. The van der Waals surface area contributed by atoms with Crippen LogP contribution in [0.25, 0.3) is 0 Å². The van der Waals surface area contributed by atoms with E-state index in [0.29, 0.717) is 17.4 Å². The van der Waals surface area contributed by atoms with E-state index in [0.717, 1.165) is 6.61 Å². The van der Waals surface area contributed by atoms with Crippen molar-refractivity contribution >= 4 is 0 Å². The summed E-state index contributed by atoms with van der Waals surface area (Å²) in [5.41, 5.74) is 0.356. The first-order valence-corrected chi connectivity index (χ1v) is 4.51. The second-order valence-corrected chi connectivity index (χ2v) is 4.32. The van der Waals surface area contributed by atoms with E-state index in [1.165, 1.54) is 0 Å². The van der Waals surface area contributed by atoms with Gasteiger partial charge in [-0.3, -0.25) is 0 Å². The smallest absolute Gasteiger partial charge is 0.0577 e. The van der Waals surface area contributed by atoms with Crippen LogP contribution in [-0.2, 0) is 4.74 Å². The average Bonchev–Trinajstić information content (AvgIpc) is 1.85. The highest BCUT2D eigenvalue weighted by molar-refractivity contribution is 4.74. The maximum absolute atomic E-state index is 5.53. The molecule has 68 valence electrons. The lowest BCUT2D eigenvalue weighted by molar-refractivity contribution is 0.00103. The Labute approximate surface area is 71.1 Å². The van der Waals surface area contributed by atoms with Gasteiger partial charge in [-0.1, -0.05) is 27.7 Å². The van der Waals surface area contributed by atoms with E-state index in [2.05, 4.69) is 34.6 Å². The SMILES string of the molecule is CCO[C@@H](C)[C@H](C)C(C)(C)C. The number of ether oxygens (including phenoxy) is 1. The van der Waals surface area contributed by atoms with Crippen LogP contribution in [0.5, 0.6) is 0 Å². The van der Waals surface area contributed by atoms with Gasteiger partial charge in [-0.2, -0.15) is 0 Å². The predicted molar refractivity (Wildman–Crippen MR) is 49.7 cm³/mol. The molecule has 0 heterocycles. The van der Waals surface area contributed by atoms with Crippen molar-refractivity contribution in [3.05, 3.63) is 0 Å². The van der Waals surface area contributed by atoms with Gasteiger partial charge in [-0.15, -0.1) is 0 Å². The van der Waals surface area contributed by atoms with E-state index in [9.17, 15) is 0 Å². The minimum Gasteiger partial charge on any atom is -0.378 e. The van der Waals surface area contributed by atoms with Crippen molar-refractivity contribution in [1.29, 1.82) is 0 Å². The van der Waals surface area contributed by atoms with Crippen LogP contribution in [0.1, 0.15) is 41.5 Å². The molecule has 0 aromatic heterocycles. The highest BCUT2D eigenvalue weighted by Gasteiger charge is 2.25. The third kappa shape index (κ3) is 3.76. The lowest BCUT2D eigenvalue weighted by atomic mass is 9.79. The van der Waals surface area contributed by atoms with Crippen LogP contribution in [0.3, 0.4) is 0 Å². The van der Waals surface area contributed by atoms with Crippen LogP contribution in [0.4, 0.5) is 0 Å². The van der Waals surface area contributed by atoms with Gasteiger partial charge in [0.05, 0.1) is 6.10 Å². The van der Waals surface area contributed by atoms with Crippen molar-refractivity contribution in [1.82, 2.24) is 0 Å². The molecule has 1 nitrogen and oxygen atoms in total. The van der Waals surface area contributed by atoms with Gasteiger partial charge in [0, 0.05) is 6.61 Å². The number of hydrogen-bond donors (Lipinski definition) is 0. The largest absolute Gasteiger partial charge is 0.378 e. The molecule has 0 unspecified atom stereocenters. The molecule has 0 fully saturated rings. The van der Waals surface area contributed by atoms with Gasteiger partial charge in [0.1, 0.15) is 0 Å². The maximum Gasteiger partial charge on any atom is 0.0577 e. The summed E-state index contributed by atoms with van der Waals surface area (Å²) in [6, 6.07) is 0. The van der Waals surface area contributed by atoms with E-state index >= 15 is 0 Å². The van der Waals surface area contributed by atoms with Gasteiger partial charge in [0.15, 0.2) is 0 Å². The third-order valence-corrected chi connectivity index (χ3v) is 2.50. The fourth-order valence-electron chi connectivity index (χ4n) is 1.11. The van der Waals surface area contributed by atoms with Gasteiger partial charge in [0.2, 0.25) is 0 Å². The molecule has 0 saturated heterocycles. The normalized spacial score (nSPS) is 18.0. The summed E-state index contributed by atoms with van der Waals surface area (Å²) in [7, 11) is 0. The van der Waals surface area contributed by atoms with Crippen molar-refractivity contribution in [2.24, 2.45) is 11.3 Å². The fraction of sp³-hybridized carbons (Fsp3) is 1.00. The zero-order chi connectivity index (χ0) is 9.07. The van der Waals surface area contributed by atoms with E-state index < -0.39 is 0 Å². The molecule has 0 aliphatic rings. The molecule has 0 aliphatic carbocycles. The minimum absolute atomic E-state index is 0.356. The Kier molecular flexibility index (Phi) is 4.09. The summed E-state index contributed by atoms with van der Waals surface area (Å²) in [4.78, 5) is 0. The van der Waals surface area contributed by atoms with Crippen LogP contribution in [0.2, 0.25) is 0 Å². The van der Waals surface area contributed by atoms with Crippen LogP contribution >= 0.6 is 0 Å². The molecular formula is C10H22O. The average molecular weight is 158 g/mol. The van der Waals surface area contributed by atoms with E-state index in [1.54, 1.807) is 0 Å². The summed E-state index contributed by atoms with van der Waals surface area (Å²) in [6.07, 6.45) is 0.375. The Morgan fingerprint density at radius 2 is 1.64 bits per heavy atom. The summed E-state index contributed by atoms with van der Waals surface area (Å²) in [6.45, 7) is 14.0. The highest BCUT2D eigenvalue weighted by Crippen LogP contribution is 2.29. The molecule has 0 rings (SSSR count). The Bertz CT molecular complexity index is 102. The zero-order valence-corrected chi connectivity index (χ0v) is 8.77. The molecule has 0 saturated carbocycles. The van der Waals surface area contributed by atoms with E-state index in [4.69, 9.17) is 4.74 Å². The first-order chi connectivity index (χ1) is 4.89. The van der Waals surface area contributed by atoms with Crippen LogP contribution in [0.15, 0.2) is 0 Å². The van der Waals surface area contributed by atoms with Crippen molar-refractivity contribution in [3.63, 3.8) is 0 Å². The molecule has 0 amide bonds. The molecule has 0 aromatic carbocycles. The standard InChI is InChI=1S/C10H22O/c1-7-11-9(3)8(2)10(4,5)6/h8-9H,7H2,1-6H3/t8-,9-/m0/s1. The van der Waals surface area contributed by atoms with Crippen molar-refractivity contribution < 1.29 is 4.74 Å². The Morgan fingerprint density at radius 3 is 1.91 bits per heavy atom. The third-order valence-electron chi connectivity index (χ3n) is 2.50. The van der Waals surface area contributed by atoms with Crippen molar-refractivity contribution in [2.75, 3.05) is 6.61 Å². The Morgan fingerprint density at radius 1 is 1.18 bits per heavy atom. The molecule has 11 heavy (non-hydrogen) atoms. The van der Waals surface area contributed by atoms with Gasteiger partial charge in [-0.05, 0) is 25.2 Å². The minimum atomic E-state index is 0.356. The zero-order valence-electron chi connectivity index (χ0n) is 8.77. The number of rotatable bonds is 3. The predicted octanol–water partition coefficient (Wildman–Crippen LogP) is 3.09. The molecule has 0 bridgehead atoms. The quantitative estimate of drug-likeness (QED) is 0.613. The van der Waals surface area contributed by atoms with Gasteiger partial charge >= 0.3 is 0 Å². The first kappa shape index (κ1) is 11.0. The Balaban J connectivity index is 3.91. The highest BCUT2D eigenvalue weighted by atomic mass is 16.5. The topological polar surface area (TPSA) is 9.23 Å². The Hall–Kier alpha value is -0.0400. The molecular weight excluding hydrogens is 136 g/mol. The lowest BCUT2D eigenvalue weighted by Gasteiger charge is -2.32. The summed E-state index contributed by atoms with van der Waals surface area (Å²) in [5, 5.41) is 0. The van der Waals surface area contributed by atoms with E-state index in [-0.39, 0.29) is 0 Å². The maximum atomic E-state index is 5.53. The van der Waals surface area contributed by atoms with Crippen LogP contribution < -0.4 is 0 Å². The summed E-state index contributed by atoms with van der Waals surface area (Å²) >= 11 is 0. The second-order valence-electron chi connectivity index (χ2n) is 4.32. The van der Waals surface area contributed by atoms with E-state index in [1.807, 2.05) is 6.92 Å². The molecule has 2 atom stereocenters. The first-order valence-electron chi connectivity index (χ1n) is 4.51. The van der Waals surface area contributed by atoms with Crippen LogP contribution in [-0.4, -0.2) is 12.7 Å². The summed E-state index contributed by atoms with van der Waals surface area (Å²) < 4.78 is 5.53. The number of hydrogen-bond acceptors (Lipinski definition) is 1. The van der Waals surface area contributed by atoms with Gasteiger partial charge in [0.25, 0.3) is 0 Å². The second kappa shape index (κ2) is 4.10. The fourth-order valence-corrected chi connectivity index (χ4v) is 1.11.